The topological polar surface area (TPSA) is 63.3 Å². The molecule has 2 bridgehead atoms. The zero-order valence-corrected chi connectivity index (χ0v) is 7.94. The van der Waals surface area contributed by atoms with Crippen molar-refractivity contribution < 1.29 is 9.90 Å². The summed E-state index contributed by atoms with van der Waals surface area (Å²) in [6.45, 7) is 1.42. The zero-order chi connectivity index (χ0) is 9.84. The fourth-order valence-electron chi connectivity index (χ4n) is 1.72. The van der Waals surface area contributed by atoms with E-state index in [2.05, 4.69) is 12.2 Å². The number of hydrogen-bond donors (Lipinski definition) is 2. The highest BCUT2D eigenvalue weighted by Crippen LogP contribution is 2.38. The molecule has 3 N–H and O–H groups in total. The molecule has 2 unspecified atom stereocenters. The molecule has 0 aromatic heterocycles. The maximum atomic E-state index is 9.57. The van der Waals surface area contributed by atoms with Crippen molar-refractivity contribution >= 4 is 5.97 Å². The minimum absolute atomic E-state index is 0.731. The number of carboxylic acid groups (broad SMARTS) is 1. The Bertz CT molecular complexity index is 199. The molecule has 3 nitrogen and oxygen atoms in total. The summed E-state index contributed by atoms with van der Waals surface area (Å²) in [6.07, 6.45) is 9.19. The molecule has 0 aromatic carbocycles. The number of allylic oxidation sites excluding steroid dienone is 2. The van der Waals surface area contributed by atoms with E-state index < -0.39 is 12.0 Å². The second-order valence-corrected chi connectivity index (χ2v) is 3.85. The average molecular weight is 183 g/mol. The predicted molar refractivity (Wildman–Crippen MR) is 51.3 cm³/mol. The van der Waals surface area contributed by atoms with E-state index in [1.807, 2.05) is 0 Å². The first-order valence-electron chi connectivity index (χ1n) is 4.76. The Morgan fingerprint density at radius 2 is 1.85 bits per heavy atom. The van der Waals surface area contributed by atoms with Gasteiger partial charge in [-0.1, -0.05) is 12.2 Å². The van der Waals surface area contributed by atoms with Crippen LogP contribution in [0.25, 0.3) is 0 Å². The van der Waals surface area contributed by atoms with Crippen molar-refractivity contribution in [2.24, 2.45) is 17.6 Å². The molecule has 0 aliphatic heterocycles. The van der Waals surface area contributed by atoms with Gasteiger partial charge in [-0.15, -0.1) is 0 Å². The van der Waals surface area contributed by atoms with Crippen molar-refractivity contribution in [3.05, 3.63) is 12.2 Å². The molecule has 2 rings (SSSR count). The Morgan fingerprint density at radius 3 is 1.92 bits per heavy atom. The smallest absolute Gasteiger partial charge is 0.320 e. The van der Waals surface area contributed by atoms with Gasteiger partial charge in [0.25, 0.3) is 0 Å². The van der Waals surface area contributed by atoms with Crippen LogP contribution < -0.4 is 5.73 Å². The lowest BCUT2D eigenvalue weighted by Crippen LogP contribution is -2.25. The molecule has 1 fully saturated rings. The first kappa shape index (κ1) is 10.3. The SMILES string of the molecule is C1=CC2CCC1C2.C[C@@H](N)C(=O)O. The average Bonchev–Trinajstić information content (AvgIpc) is 2.67. The second-order valence-electron chi connectivity index (χ2n) is 3.85. The largest absolute Gasteiger partial charge is 0.480 e. The number of carbonyl (C=O) groups is 1. The van der Waals surface area contributed by atoms with Crippen LogP contribution in [0, 0.1) is 11.8 Å². The molecule has 2 aliphatic rings. The maximum Gasteiger partial charge on any atom is 0.320 e. The highest BCUT2D eigenvalue weighted by molar-refractivity contribution is 5.72. The fraction of sp³-hybridized carbons (Fsp3) is 0.700. The fourth-order valence-corrected chi connectivity index (χ4v) is 1.72. The van der Waals surface area contributed by atoms with Crippen LogP contribution in [0.15, 0.2) is 12.2 Å². The molecule has 74 valence electrons. The van der Waals surface area contributed by atoms with E-state index in [1.54, 1.807) is 0 Å². The second kappa shape index (κ2) is 4.42. The highest BCUT2D eigenvalue weighted by atomic mass is 16.4. The van der Waals surface area contributed by atoms with Crippen LogP contribution in [-0.2, 0) is 4.79 Å². The summed E-state index contributed by atoms with van der Waals surface area (Å²) >= 11 is 0. The van der Waals surface area contributed by atoms with Crippen LogP contribution in [0.1, 0.15) is 26.2 Å². The van der Waals surface area contributed by atoms with E-state index in [1.165, 1.54) is 26.2 Å². The number of rotatable bonds is 1. The number of aliphatic carboxylic acids is 1. The van der Waals surface area contributed by atoms with Crippen molar-refractivity contribution in [1.82, 2.24) is 0 Å². The highest BCUT2D eigenvalue weighted by Gasteiger charge is 2.25. The maximum absolute atomic E-state index is 9.57. The lowest BCUT2D eigenvalue weighted by atomic mass is 10.1. The molecule has 1 saturated carbocycles. The summed E-state index contributed by atoms with van der Waals surface area (Å²) in [7, 11) is 0. The van der Waals surface area contributed by atoms with Gasteiger partial charge >= 0.3 is 5.97 Å². The molecule has 0 radical (unpaired) electrons. The molecule has 3 heteroatoms. The van der Waals surface area contributed by atoms with Gasteiger partial charge in [0.2, 0.25) is 0 Å². The quantitative estimate of drug-likeness (QED) is 0.604. The van der Waals surface area contributed by atoms with Gasteiger partial charge < -0.3 is 10.8 Å². The van der Waals surface area contributed by atoms with Crippen LogP contribution in [-0.4, -0.2) is 17.1 Å². The number of nitrogens with two attached hydrogens (primary N) is 1. The molecule has 0 spiro atoms. The van der Waals surface area contributed by atoms with Gasteiger partial charge in [-0.3, -0.25) is 4.79 Å². The first-order chi connectivity index (χ1) is 6.09. The summed E-state index contributed by atoms with van der Waals surface area (Å²) in [5.74, 6) is 1.02. The van der Waals surface area contributed by atoms with E-state index in [9.17, 15) is 4.79 Å². The zero-order valence-electron chi connectivity index (χ0n) is 7.94. The van der Waals surface area contributed by atoms with Gasteiger partial charge in [0.05, 0.1) is 0 Å². The van der Waals surface area contributed by atoms with Gasteiger partial charge in [0.1, 0.15) is 6.04 Å². The molecule has 3 atom stereocenters. The van der Waals surface area contributed by atoms with Crippen molar-refractivity contribution in [3.63, 3.8) is 0 Å². The van der Waals surface area contributed by atoms with Crippen LogP contribution in [0.2, 0.25) is 0 Å². The summed E-state index contributed by atoms with van der Waals surface area (Å²) < 4.78 is 0. The van der Waals surface area contributed by atoms with Gasteiger partial charge in [-0.2, -0.15) is 0 Å². The Hall–Kier alpha value is -0.830. The van der Waals surface area contributed by atoms with Crippen molar-refractivity contribution in [2.45, 2.75) is 32.2 Å². The van der Waals surface area contributed by atoms with E-state index in [0.29, 0.717) is 0 Å². The van der Waals surface area contributed by atoms with E-state index in [-0.39, 0.29) is 0 Å². The molecule has 0 heterocycles. The summed E-state index contributed by atoms with van der Waals surface area (Å²) in [5.41, 5.74) is 4.84. The molecular formula is C10H17NO2. The molecule has 0 amide bonds. The van der Waals surface area contributed by atoms with Gasteiger partial charge in [-0.25, -0.2) is 0 Å². The van der Waals surface area contributed by atoms with E-state index in [0.717, 1.165) is 11.8 Å². The monoisotopic (exact) mass is 183 g/mol. The predicted octanol–water partition coefficient (Wildman–Crippen LogP) is 1.39. The van der Waals surface area contributed by atoms with Gasteiger partial charge in [0, 0.05) is 0 Å². The molecular weight excluding hydrogens is 166 g/mol. The summed E-state index contributed by atoms with van der Waals surface area (Å²) in [6, 6.07) is -0.731. The Labute approximate surface area is 78.6 Å². The third kappa shape index (κ3) is 3.19. The summed E-state index contributed by atoms with van der Waals surface area (Å²) in [5, 5.41) is 7.87. The van der Waals surface area contributed by atoms with Crippen molar-refractivity contribution in [2.75, 3.05) is 0 Å². The number of hydrogen-bond acceptors (Lipinski definition) is 2. The van der Waals surface area contributed by atoms with E-state index >= 15 is 0 Å². The third-order valence-corrected chi connectivity index (χ3v) is 2.56. The van der Waals surface area contributed by atoms with Crippen LogP contribution in [0.4, 0.5) is 0 Å². The molecule has 13 heavy (non-hydrogen) atoms. The van der Waals surface area contributed by atoms with Crippen molar-refractivity contribution in [1.29, 1.82) is 0 Å². The standard InChI is InChI=1S/C7H10.C3H7NO2/c1-2-7-4-3-6(1)5-7;1-2(4)3(5)6/h1-2,6-7H,3-5H2;2H,4H2,1H3,(H,5,6)/t;2-/m.1/s1. The van der Waals surface area contributed by atoms with Crippen LogP contribution in [0.3, 0.4) is 0 Å². The molecule has 2 aliphatic carbocycles. The molecule has 0 aromatic rings. The van der Waals surface area contributed by atoms with Crippen LogP contribution in [0.5, 0.6) is 0 Å². The van der Waals surface area contributed by atoms with Gasteiger partial charge in [-0.05, 0) is 38.0 Å². The number of fused-ring (bicyclic) bond motifs is 2. The Morgan fingerprint density at radius 1 is 1.46 bits per heavy atom. The lowest BCUT2D eigenvalue weighted by molar-refractivity contribution is -0.138. The Kier molecular flexibility index (Phi) is 3.48. The van der Waals surface area contributed by atoms with Crippen molar-refractivity contribution in [3.8, 4) is 0 Å². The van der Waals surface area contributed by atoms with Crippen LogP contribution >= 0.6 is 0 Å². The summed E-state index contributed by atoms with van der Waals surface area (Å²) in [4.78, 5) is 9.57. The lowest BCUT2D eigenvalue weighted by Gasteiger charge is -1.96. The minimum atomic E-state index is -0.963. The first-order valence-corrected chi connectivity index (χ1v) is 4.76. The minimum Gasteiger partial charge on any atom is -0.480 e. The number of carboxylic acids is 1. The van der Waals surface area contributed by atoms with Gasteiger partial charge in [0.15, 0.2) is 0 Å². The third-order valence-electron chi connectivity index (χ3n) is 2.56. The van der Waals surface area contributed by atoms with E-state index in [4.69, 9.17) is 10.8 Å². The normalized spacial score (nSPS) is 30.9. The Balaban J connectivity index is 0.000000133. The molecule has 0 saturated heterocycles.